The van der Waals surface area contributed by atoms with Crippen molar-refractivity contribution in [3.05, 3.63) is 109 Å². The molecule has 3 heterocycles. The SMILES string of the molecule is CC(C)n1cccc1[C@H]1[C@@H](c2ccccn2)NC(=S)N1c1ccc(Oc2ccccc2)cc1. The highest BCUT2D eigenvalue weighted by Crippen LogP contribution is 2.42. The van der Waals surface area contributed by atoms with Crippen LogP contribution in [0.5, 0.6) is 11.5 Å². The van der Waals surface area contributed by atoms with Crippen molar-refractivity contribution in [3.8, 4) is 11.5 Å². The van der Waals surface area contributed by atoms with Gasteiger partial charge in [0, 0.05) is 29.8 Å². The molecule has 5 rings (SSSR count). The van der Waals surface area contributed by atoms with Gasteiger partial charge in [-0.25, -0.2) is 0 Å². The Hall–Kier alpha value is -3.64. The Balaban J connectivity index is 1.52. The predicted octanol–water partition coefficient (Wildman–Crippen LogP) is 6.43. The molecule has 0 unspecified atom stereocenters. The molecule has 33 heavy (non-hydrogen) atoms. The van der Waals surface area contributed by atoms with E-state index in [1.54, 1.807) is 0 Å². The van der Waals surface area contributed by atoms with Crippen LogP contribution in [0.2, 0.25) is 0 Å². The Morgan fingerprint density at radius 1 is 0.879 bits per heavy atom. The minimum absolute atomic E-state index is 0.0364. The van der Waals surface area contributed by atoms with E-state index in [2.05, 4.69) is 70.1 Å². The van der Waals surface area contributed by atoms with Crippen LogP contribution in [-0.4, -0.2) is 14.7 Å². The molecule has 0 saturated carbocycles. The molecule has 0 radical (unpaired) electrons. The van der Waals surface area contributed by atoms with Crippen molar-refractivity contribution in [2.75, 3.05) is 4.90 Å². The quantitative estimate of drug-likeness (QED) is 0.340. The van der Waals surface area contributed by atoms with Crippen LogP contribution in [0.1, 0.15) is 43.4 Å². The summed E-state index contributed by atoms with van der Waals surface area (Å²) in [6.07, 6.45) is 3.96. The third kappa shape index (κ3) is 4.22. The lowest BCUT2D eigenvalue weighted by Crippen LogP contribution is -2.30. The van der Waals surface area contributed by atoms with Crippen molar-refractivity contribution in [1.29, 1.82) is 0 Å². The summed E-state index contributed by atoms with van der Waals surface area (Å²) in [5.74, 6) is 1.60. The molecular weight excluding hydrogens is 428 g/mol. The summed E-state index contributed by atoms with van der Waals surface area (Å²) in [5.41, 5.74) is 3.17. The van der Waals surface area contributed by atoms with Gasteiger partial charge in [0.15, 0.2) is 5.11 Å². The summed E-state index contributed by atoms with van der Waals surface area (Å²) < 4.78 is 8.28. The van der Waals surface area contributed by atoms with Crippen LogP contribution in [-0.2, 0) is 0 Å². The molecule has 4 aromatic rings. The monoisotopic (exact) mass is 454 g/mol. The zero-order chi connectivity index (χ0) is 22.8. The standard InChI is InChI=1S/C27H26N4OS/c1-19(2)30-18-8-12-24(30)26-25(23-11-6-7-17-28-23)29-27(33)31(26)20-13-15-22(16-14-20)32-21-9-4-3-5-10-21/h3-19,25-26H,1-2H3,(H,29,33)/t25-,26+/m1/s1. The van der Waals surface area contributed by atoms with E-state index in [1.807, 2.05) is 60.8 Å². The molecule has 1 fully saturated rings. The number of para-hydroxylation sites is 1. The van der Waals surface area contributed by atoms with E-state index in [9.17, 15) is 0 Å². The molecule has 6 heteroatoms. The summed E-state index contributed by atoms with van der Waals surface area (Å²) in [7, 11) is 0. The average molecular weight is 455 g/mol. The average Bonchev–Trinajstić information content (AvgIpc) is 3.45. The number of pyridine rings is 1. The summed E-state index contributed by atoms with van der Waals surface area (Å²) in [6, 6.07) is 28.4. The van der Waals surface area contributed by atoms with Gasteiger partial charge in [-0.2, -0.15) is 0 Å². The second-order valence-electron chi connectivity index (χ2n) is 8.34. The number of nitrogens with one attached hydrogen (secondary N) is 1. The number of hydrogen-bond donors (Lipinski definition) is 1. The molecule has 0 aliphatic carbocycles. The first kappa shape index (κ1) is 21.2. The normalized spacial score (nSPS) is 17.9. The van der Waals surface area contributed by atoms with Gasteiger partial charge in [0.1, 0.15) is 17.5 Å². The molecule has 0 bridgehead atoms. The number of nitrogens with zero attached hydrogens (tertiary/aromatic N) is 3. The molecule has 1 N–H and O–H groups in total. The van der Waals surface area contributed by atoms with Crippen molar-refractivity contribution >= 4 is 23.0 Å². The highest BCUT2D eigenvalue weighted by atomic mass is 32.1. The fourth-order valence-electron chi connectivity index (χ4n) is 4.36. The van der Waals surface area contributed by atoms with Gasteiger partial charge in [-0.1, -0.05) is 24.3 Å². The molecular formula is C27H26N4OS. The van der Waals surface area contributed by atoms with Gasteiger partial charge in [-0.05, 0) is 86.7 Å². The molecule has 5 nitrogen and oxygen atoms in total. The topological polar surface area (TPSA) is 42.3 Å². The van der Waals surface area contributed by atoms with Crippen LogP contribution in [0.25, 0.3) is 0 Å². The molecule has 2 aromatic heterocycles. The minimum atomic E-state index is -0.0636. The van der Waals surface area contributed by atoms with E-state index >= 15 is 0 Å². The van der Waals surface area contributed by atoms with Crippen molar-refractivity contribution in [1.82, 2.24) is 14.9 Å². The Morgan fingerprint density at radius 2 is 1.61 bits per heavy atom. The lowest BCUT2D eigenvalue weighted by Gasteiger charge is -2.30. The summed E-state index contributed by atoms with van der Waals surface area (Å²) >= 11 is 5.84. The van der Waals surface area contributed by atoms with Crippen LogP contribution >= 0.6 is 12.2 Å². The van der Waals surface area contributed by atoms with Crippen molar-refractivity contribution in [3.63, 3.8) is 0 Å². The zero-order valence-electron chi connectivity index (χ0n) is 18.6. The fraction of sp³-hybridized carbons (Fsp3) is 0.185. The van der Waals surface area contributed by atoms with E-state index in [1.165, 1.54) is 5.69 Å². The molecule has 1 saturated heterocycles. The maximum atomic E-state index is 5.98. The van der Waals surface area contributed by atoms with Gasteiger partial charge in [0.2, 0.25) is 0 Å². The minimum Gasteiger partial charge on any atom is -0.457 e. The first-order chi connectivity index (χ1) is 16.1. The van der Waals surface area contributed by atoms with Crippen LogP contribution in [0.4, 0.5) is 5.69 Å². The summed E-state index contributed by atoms with van der Waals surface area (Å²) in [5, 5.41) is 4.21. The Bertz CT molecular complexity index is 1220. The summed E-state index contributed by atoms with van der Waals surface area (Å²) in [4.78, 5) is 6.83. The van der Waals surface area contributed by atoms with Crippen LogP contribution in [0.15, 0.2) is 97.3 Å². The predicted molar refractivity (Wildman–Crippen MR) is 136 cm³/mol. The van der Waals surface area contributed by atoms with Crippen LogP contribution in [0, 0.1) is 0 Å². The van der Waals surface area contributed by atoms with Crippen molar-refractivity contribution in [2.45, 2.75) is 32.0 Å². The maximum absolute atomic E-state index is 5.98. The highest BCUT2D eigenvalue weighted by molar-refractivity contribution is 7.80. The molecule has 2 atom stereocenters. The Kier molecular flexibility index (Phi) is 5.84. The number of aromatic nitrogens is 2. The second-order valence-corrected chi connectivity index (χ2v) is 8.73. The Labute approximate surface area is 199 Å². The third-order valence-electron chi connectivity index (χ3n) is 5.86. The van der Waals surface area contributed by atoms with E-state index in [4.69, 9.17) is 17.0 Å². The number of hydrogen-bond acceptors (Lipinski definition) is 3. The lowest BCUT2D eigenvalue weighted by atomic mass is 10.0. The number of ether oxygens (including phenoxy) is 1. The second kappa shape index (κ2) is 9.08. The van der Waals surface area contributed by atoms with Crippen molar-refractivity contribution in [2.24, 2.45) is 0 Å². The molecule has 166 valence electrons. The van der Waals surface area contributed by atoms with E-state index < -0.39 is 0 Å². The largest absolute Gasteiger partial charge is 0.457 e. The van der Waals surface area contributed by atoms with Gasteiger partial charge >= 0.3 is 0 Å². The molecule has 1 aliphatic heterocycles. The van der Waals surface area contributed by atoms with Crippen LogP contribution in [0.3, 0.4) is 0 Å². The molecule has 0 spiro atoms. The van der Waals surface area contributed by atoms with Gasteiger partial charge in [0.25, 0.3) is 0 Å². The zero-order valence-corrected chi connectivity index (χ0v) is 19.4. The molecule has 1 aliphatic rings. The number of thiocarbonyl (C=S) groups is 1. The number of benzene rings is 2. The highest BCUT2D eigenvalue weighted by Gasteiger charge is 2.42. The van der Waals surface area contributed by atoms with Gasteiger partial charge in [-0.15, -0.1) is 0 Å². The smallest absolute Gasteiger partial charge is 0.174 e. The first-order valence-electron chi connectivity index (χ1n) is 11.1. The third-order valence-corrected chi connectivity index (χ3v) is 6.18. The lowest BCUT2D eigenvalue weighted by molar-refractivity contribution is 0.482. The van der Waals surface area contributed by atoms with E-state index in [0.29, 0.717) is 11.2 Å². The van der Waals surface area contributed by atoms with Gasteiger partial charge in [0.05, 0.1) is 11.7 Å². The van der Waals surface area contributed by atoms with Gasteiger partial charge < -0.3 is 19.5 Å². The van der Waals surface area contributed by atoms with Crippen LogP contribution < -0.4 is 15.0 Å². The molecule has 2 aromatic carbocycles. The maximum Gasteiger partial charge on any atom is 0.174 e. The van der Waals surface area contributed by atoms with E-state index in [0.717, 1.165) is 22.9 Å². The number of anilines is 1. The first-order valence-corrected chi connectivity index (χ1v) is 11.5. The number of rotatable bonds is 6. The van der Waals surface area contributed by atoms with Crippen molar-refractivity contribution < 1.29 is 4.74 Å². The van der Waals surface area contributed by atoms with Gasteiger partial charge in [-0.3, -0.25) is 4.98 Å². The fourth-order valence-corrected chi connectivity index (χ4v) is 4.71. The summed E-state index contributed by atoms with van der Waals surface area (Å²) in [6.45, 7) is 4.39. The van der Waals surface area contributed by atoms with E-state index in [-0.39, 0.29) is 12.1 Å². The Morgan fingerprint density at radius 3 is 2.30 bits per heavy atom. The molecule has 0 amide bonds.